The molecule has 3 aromatic rings. The molecule has 8 heteroatoms. The number of benzene rings is 3. The van der Waals surface area contributed by atoms with Crippen LogP contribution in [-0.2, 0) is 17.8 Å². The van der Waals surface area contributed by atoms with Crippen molar-refractivity contribution in [2.24, 2.45) is 0 Å². The van der Waals surface area contributed by atoms with Crippen LogP contribution in [0.4, 0.5) is 4.79 Å². The van der Waals surface area contributed by atoms with Crippen molar-refractivity contribution in [3.05, 3.63) is 88.9 Å². The van der Waals surface area contributed by atoms with Crippen molar-refractivity contribution in [3.8, 4) is 5.75 Å². The van der Waals surface area contributed by atoms with E-state index in [1.165, 1.54) is 0 Å². The SMILES string of the molecule is CC(C)(C)OC(=O)NC(CO)(CO)CCc1ccc(Sc2ccc(OCc3ccccc3)cc2)cc1Cl. The number of hydrogen-bond donors (Lipinski definition) is 3. The second-order valence-corrected chi connectivity index (χ2v) is 11.4. The van der Waals surface area contributed by atoms with Gasteiger partial charge in [0.2, 0.25) is 0 Å². The first-order valence-electron chi connectivity index (χ1n) is 12.1. The van der Waals surface area contributed by atoms with E-state index in [0.717, 1.165) is 26.7 Å². The fourth-order valence-electron chi connectivity index (χ4n) is 3.52. The maximum Gasteiger partial charge on any atom is 0.408 e. The molecule has 0 heterocycles. The van der Waals surface area contributed by atoms with Gasteiger partial charge in [-0.15, -0.1) is 0 Å². The van der Waals surface area contributed by atoms with Crippen LogP contribution in [0.25, 0.3) is 0 Å². The van der Waals surface area contributed by atoms with E-state index in [0.29, 0.717) is 18.1 Å². The number of aliphatic hydroxyl groups is 2. The van der Waals surface area contributed by atoms with Gasteiger partial charge in [-0.25, -0.2) is 4.79 Å². The first kappa shape index (κ1) is 28.9. The van der Waals surface area contributed by atoms with Gasteiger partial charge >= 0.3 is 6.09 Å². The Kier molecular flexibility index (Phi) is 10.3. The normalized spacial score (nSPS) is 11.7. The lowest BCUT2D eigenvalue weighted by molar-refractivity contribution is 0.0276. The van der Waals surface area contributed by atoms with Crippen LogP contribution < -0.4 is 10.1 Å². The zero-order valence-electron chi connectivity index (χ0n) is 21.4. The van der Waals surface area contributed by atoms with Crippen molar-refractivity contribution in [1.82, 2.24) is 5.32 Å². The van der Waals surface area contributed by atoms with E-state index < -0.39 is 30.4 Å². The number of carbonyl (C=O) groups is 1. The summed E-state index contributed by atoms with van der Waals surface area (Å²) in [5.74, 6) is 0.804. The fraction of sp³-hybridized carbons (Fsp3) is 0.345. The van der Waals surface area contributed by atoms with Gasteiger partial charge in [-0.1, -0.05) is 59.8 Å². The average Bonchev–Trinajstić information content (AvgIpc) is 2.86. The molecule has 0 atom stereocenters. The predicted octanol–water partition coefficient (Wildman–Crippen LogP) is 6.25. The number of aryl methyl sites for hydroxylation is 1. The zero-order valence-corrected chi connectivity index (χ0v) is 22.9. The molecule has 3 aromatic carbocycles. The van der Waals surface area contributed by atoms with Gasteiger partial charge in [-0.2, -0.15) is 0 Å². The predicted molar refractivity (Wildman–Crippen MR) is 147 cm³/mol. The van der Waals surface area contributed by atoms with Gasteiger partial charge in [-0.05, 0) is 81.1 Å². The van der Waals surface area contributed by atoms with E-state index >= 15 is 0 Å². The van der Waals surface area contributed by atoms with E-state index in [2.05, 4.69) is 5.32 Å². The molecule has 0 radical (unpaired) electrons. The third kappa shape index (κ3) is 9.27. The highest BCUT2D eigenvalue weighted by molar-refractivity contribution is 7.99. The molecule has 0 aliphatic heterocycles. The molecule has 6 nitrogen and oxygen atoms in total. The van der Waals surface area contributed by atoms with E-state index in [4.69, 9.17) is 21.1 Å². The average molecular weight is 544 g/mol. The van der Waals surface area contributed by atoms with Crippen molar-refractivity contribution in [2.45, 2.75) is 61.2 Å². The molecule has 3 rings (SSSR count). The molecule has 0 saturated heterocycles. The monoisotopic (exact) mass is 543 g/mol. The van der Waals surface area contributed by atoms with Crippen molar-refractivity contribution < 1.29 is 24.5 Å². The quantitative estimate of drug-likeness (QED) is 0.265. The highest BCUT2D eigenvalue weighted by Gasteiger charge is 2.32. The van der Waals surface area contributed by atoms with Crippen molar-refractivity contribution >= 4 is 29.5 Å². The number of rotatable bonds is 11. The number of hydrogen-bond acceptors (Lipinski definition) is 6. The topological polar surface area (TPSA) is 88.0 Å². The van der Waals surface area contributed by atoms with Gasteiger partial charge in [0, 0.05) is 14.8 Å². The van der Waals surface area contributed by atoms with Crippen LogP contribution in [0.1, 0.15) is 38.3 Å². The van der Waals surface area contributed by atoms with Crippen LogP contribution in [0.2, 0.25) is 5.02 Å². The molecule has 0 saturated carbocycles. The molecule has 0 unspecified atom stereocenters. The van der Waals surface area contributed by atoms with Crippen LogP contribution in [0, 0.1) is 0 Å². The number of alkyl carbamates (subject to hydrolysis) is 1. The smallest absolute Gasteiger partial charge is 0.408 e. The van der Waals surface area contributed by atoms with Crippen molar-refractivity contribution in [3.63, 3.8) is 0 Å². The summed E-state index contributed by atoms with van der Waals surface area (Å²) in [7, 11) is 0. The lowest BCUT2D eigenvalue weighted by Gasteiger charge is -2.32. The summed E-state index contributed by atoms with van der Waals surface area (Å²) in [5.41, 5.74) is 0.0654. The maximum atomic E-state index is 12.2. The van der Waals surface area contributed by atoms with Gasteiger partial charge in [0.1, 0.15) is 18.0 Å². The van der Waals surface area contributed by atoms with Crippen molar-refractivity contribution in [1.29, 1.82) is 0 Å². The second kappa shape index (κ2) is 13.2. The van der Waals surface area contributed by atoms with E-state index in [1.807, 2.05) is 72.8 Å². The van der Waals surface area contributed by atoms with E-state index in [1.54, 1.807) is 32.5 Å². The molecule has 0 fully saturated rings. The first-order valence-corrected chi connectivity index (χ1v) is 13.3. The van der Waals surface area contributed by atoms with E-state index in [-0.39, 0.29) is 6.42 Å². The van der Waals surface area contributed by atoms with Gasteiger partial charge in [-0.3, -0.25) is 0 Å². The van der Waals surface area contributed by atoms with Crippen LogP contribution in [0.15, 0.2) is 82.6 Å². The third-order valence-corrected chi connectivity index (χ3v) is 6.93. The summed E-state index contributed by atoms with van der Waals surface area (Å²) in [4.78, 5) is 14.3. The largest absolute Gasteiger partial charge is 0.489 e. The van der Waals surface area contributed by atoms with Crippen LogP contribution >= 0.6 is 23.4 Å². The van der Waals surface area contributed by atoms with Gasteiger partial charge in [0.05, 0.1) is 18.8 Å². The number of nitrogens with one attached hydrogen (secondary N) is 1. The Morgan fingerprint density at radius 2 is 1.59 bits per heavy atom. The standard InChI is InChI=1S/C29H34ClNO5S/c1-28(2,3)36-27(34)31-29(19-32,20-33)16-15-22-9-12-25(17-26(22)30)37-24-13-10-23(11-14-24)35-18-21-7-5-4-6-8-21/h4-14,17,32-33H,15-16,18-20H2,1-3H3,(H,31,34). The Labute approximate surface area is 228 Å². The summed E-state index contributed by atoms with van der Waals surface area (Å²) in [6, 6.07) is 23.7. The molecule has 0 aliphatic rings. The minimum atomic E-state index is -1.22. The number of ether oxygens (including phenoxy) is 2. The first-order chi connectivity index (χ1) is 17.6. The number of halogens is 1. The molecule has 1 amide bonds. The number of amides is 1. The van der Waals surface area contributed by atoms with Gasteiger partial charge < -0.3 is 25.0 Å². The molecule has 0 spiro atoms. The van der Waals surface area contributed by atoms with Crippen LogP contribution in [0.3, 0.4) is 0 Å². The Bertz CT molecular complexity index is 1150. The second-order valence-electron chi connectivity index (χ2n) is 9.82. The lowest BCUT2D eigenvalue weighted by atomic mass is 9.93. The summed E-state index contributed by atoms with van der Waals surface area (Å²) in [6.45, 7) is 4.91. The molecule has 0 aromatic heterocycles. The van der Waals surface area contributed by atoms with Crippen LogP contribution in [0.5, 0.6) is 5.75 Å². The molecular formula is C29H34ClNO5S. The Morgan fingerprint density at radius 1 is 0.946 bits per heavy atom. The molecule has 3 N–H and O–H groups in total. The summed E-state index contributed by atoms with van der Waals surface area (Å²) in [6.07, 6.45) is 0.0502. The zero-order chi connectivity index (χ0) is 26.9. The molecule has 37 heavy (non-hydrogen) atoms. The highest BCUT2D eigenvalue weighted by Crippen LogP contribution is 2.33. The minimum Gasteiger partial charge on any atom is -0.489 e. The fourth-order valence-corrected chi connectivity index (χ4v) is 4.72. The Hall–Kier alpha value is -2.71. The molecule has 0 bridgehead atoms. The minimum absolute atomic E-state index is 0.288. The molecule has 198 valence electrons. The third-order valence-electron chi connectivity index (χ3n) is 5.58. The molecular weight excluding hydrogens is 510 g/mol. The number of carbonyl (C=O) groups excluding carboxylic acids is 1. The van der Waals surface area contributed by atoms with Crippen molar-refractivity contribution in [2.75, 3.05) is 13.2 Å². The highest BCUT2D eigenvalue weighted by atomic mass is 35.5. The summed E-state index contributed by atoms with van der Waals surface area (Å²) >= 11 is 8.14. The Balaban J connectivity index is 1.57. The maximum absolute atomic E-state index is 12.2. The summed E-state index contributed by atoms with van der Waals surface area (Å²) < 4.78 is 11.1. The van der Waals surface area contributed by atoms with E-state index in [9.17, 15) is 15.0 Å². The van der Waals surface area contributed by atoms with Crippen LogP contribution in [-0.4, -0.2) is 40.7 Å². The molecule has 0 aliphatic carbocycles. The Morgan fingerprint density at radius 3 is 2.19 bits per heavy atom. The van der Waals surface area contributed by atoms with Gasteiger partial charge in [0.15, 0.2) is 0 Å². The number of aliphatic hydroxyl groups excluding tert-OH is 2. The van der Waals surface area contributed by atoms with Gasteiger partial charge in [0.25, 0.3) is 0 Å². The lowest BCUT2D eigenvalue weighted by Crippen LogP contribution is -2.55. The summed E-state index contributed by atoms with van der Waals surface area (Å²) in [5, 5.41) is 23.0.